The Labute approximate surface area is 138 Å². The molecule has 128 valence electrons. The highest BCUT2D eigenvalue weighted by molar-refractivity contribution is 5.79. The van der Waals surface area contributed by atoms with E-state index in [-0.39, 0.29) is 17.9 Å². The molecule has 23 heavy (non-hydrogen) atoms. The van der Waals surface area contributed by atoms with Crippen molar-refractivity contribution >= 4 is 5.91 Å². The van der Waals surface area contributed by atoms with Gasteiger partial charge in [0, 0.05) is 31.3 Å². The number of ether oxygens (including phenoxy) is 3. The molecule has 1 aliphatic heterocycles. The van der Waals surface area contributed by atoms with Crippen LogP contribution in [-0.4, -0.2) is 44.3 Å². The van der Waals surface area contributed by atoms with Crippen LogP contribution in [0.15, 0.2) is 18.2 Å². The van der Waals surface area contributed by atoms with Gasteiger partial charge in [-0.1, -0.05) is 0 Å². The van der Waals surface area contributed by atoms with E-state index in [1.165, 1.54) is 0 Å². The van der Waals surface area contributed by atoms with Crippen molar-refractivity contribution < 1.29 is 19.0 Å². The lowest BCUT2D eigenvalue weighted by Gasteiger charge is -2.33. The van der Waals surface area contributed by atoms with E-state index < -0.39 is 0 Å². The number of amides is 1. The number of benzene rings is 1. The van der Waals surface area contributed by atoms with Gasteiger partial charge in [-0.2, -0.15) is 0 Å². The van der Waals surface area contributed by atoms with Gasteiger partial charge in [-0.15, -0.1) is 0 Å². The molecule has 1 saturated heterocycles. The minimum absolute atomic E-state index is 0.0111. The van der Waals surface area contributed by atoms with Gasteiger partial charge in [0.2, 0.25) is 5.91 Å². The van der Waals surface area contributed by atoms with Crippen LogP contribution in [0.1, 0.15) is 32.3 Å². The van der Waals surface area contributed by atoms with Crippen LogP contribution in [0.2, 0.25) is 0 Å². The van der Waals surface area contributed by atoms with E-state index in [1.54, 1.807) is 14.2 Å². The molecule has 1 aliphatic rings. The van der Waals surface area contributed by atoms with Crippen molar-refractivity contribution in [2.45, 2.75) is 39.3 Å². The van der Waals surface area contributed by atoms with Crippen LogP contribution in [0.25, 0.3) is 0 Å². The largest absolute Gasteiger partial charge is 0.497 e. The quantitative estimate of drug-likeness (QED) is 0.808. The van der Waals surface area contributed by atoms with Gasteiger partial charge < -0.3 is 19.1 Å². The summed E-state index contributed by atoms with van der Waals surface area (Å²) in [4.78, 5) is 14.7. The monoisotopic (exact) mass is 321 g/mol. The van der Waals surface area contributed by atoms with Gasteiger partial charge in [0.1, 0.15) is 11.5 Å². The first-order valence-corrected chi connectivity index (χ1v) is 8.22. The van der Waals surface area contributed by atoms with Gasteiger partial charge in [-0.05, 0) is 38.8 Å². The van der Waals surface area contributed by atoms with Crippen molar-refractivity contribution in [1.82, 2.24) is 4.90 Å². The SMILES string of the molecule is CCN(Cc1ccc(OC)cc1OC)C(=O)C1CCCOC1C. The summed E-state index contributed by atoms with van der Waals surface area (Å²) in [6.07, 6.45) is 1.84. The maximum absolute atomic E-state index is 12.8. The Morgan fingerprint density at radius 1 is 1.35 bits per heavy atom. The summed E-state index contributed by atoms with van der Waals surface area (Å²) in [5, 5.41) is 0. The fraction of sp³-hybridized carbons (Fsp3) is 0.611. The lowest BCUT2D eigenvalue weighted by Crippen LogP contribution is -2.42. The highest BCUT2D eigenvalue weighted by Gasteiger charge is 2.31. The average Bonchev–Trinajstić information content (AvgIpc) is 2.59. The predicted molar refractivity (Wildman–Crippen MR) is 88.8 cm³/mol. The second-order valence-electron chi connectivity index (χ2n) is 5.85. The van der Waals surface area contributed by atoms with Crippen LogP contribution in [0.3, 0.4) is 0 Å². The van der Waals surface area contributed by atoms with Crippen molar-refractivity contribution in [3.63, 3.8) is 0 Å². The molecule has 0 aliphatic carbocycles. The van der Waals surface area contributed by atoms with E-state index in [9.17, 15) is 4.79 Å². The van der Waals surface area contributed by atoms with E-state index >= 15 is 0 Å². The van der Waals surface area contributed by atoms with Crippen molar-refractivity contribution in [2.24, 2.45) is 5.92 Å². The number of methoxy groups -OCH3 is 2. The molecule has 1 fully saturated rings. The molecule has 2 unspecified atom stereocenters. The molecule has 1 aromatic rings. The number of carbonyl (C=O) groups is 1. The molecule has 1 heterocycles. The third-order valence-corrected chi connectivity index (χ3v) is 4.47. The Hall–Kier alpha value is -1.75. The minimum Gasteiger partial charge on any atom is -0.497 e. The lowest BCUT2D eigenvalue weighted by molar-refractivity contribution is -0.144. The molecule has 0 bridgehead atoms. The minimum atomic E-state index is -0.0482. The van der Waals surface area contributed by atoms with Gasteiger partial charge in [-0.25, -0.2) is 0 Å². The molecule has 5 heteroatoms. The summed E-state index contributed by atoms with van der Waals surface area (Å²) < 4.78 is 16.3. The highest BCUT2D eigenvalue weighted by Crippen LogP contribution is 2.28. The molecule has 5 nitrogen and oxygen atoms in total. The summed E-state index contributed by atoms with van der Waals surface area (Å²) in [7, 11) is 3.26. The van der Waals surface area contributed by atoms with Crippen LogP contribution in [0, 0.1) is 5.92 Å². The topological polar surface area (TPSA) is 48.0 Å². The Bertz CT molecular complexity index is 532. The van der Waals surface area contributed by atoms with E-state index in [0.29, 0.717) is 13.1 Å². The Morgan fingerprint density at radius 2 is 2.13 bits per heavy atom. The second-order valence-corrected chi connectivity index (χ2v) is 5.85. The molecule has 0 spiro atoms. The average molecular weight is 321 g/mol. The summed E-state index contributed by atoms with van der Waals surface area (Å²) in [6, 6.07) is 5.69. The molecular weight excluding hydrogens is 294 g/mol. The first kappa shape index (κ1) is 17.6. The summed E-state index contributed by atoms with van der Waals surface area (Å²) in [5.41, 5.74) is 0.980. The van der Waals surface area contributed by atoms with Gasteiger partial charge in [0.25, 0.3) is 0 Å². The summed E-state index contributed by atoms with van der Waals surface area (Å²) >= 11 is 0. The standard InChI is InChI=1S/C18H27NO4/c1-5-19(18(20)16-7-6-10-23-13(16)2)12-14-8-9-15(21-3)11-17(14)22-4/h8-9,11,13,16H,5-7,10,12H2,1-4H3. The normalized spacial score (nSPS) is 20.9. The smallest absolute Gasteiger partial charge is 0.228 e. The Kier molecular flexibility index (Phi) is 6.28. The zero-order valence-corrected chi connectivity index (χ0v) is 14.5. The molecule has 1 amide bonds. The zero-order valence-electron chi connectivity index (χ0n) is 14.5. The summed E-state index contributed by atoms with van der Waals surface area (Å²) in [5.74, 6) is 1.60. The number of carbonyl (C=O) groups excluding carboxylic acids is 1. The van der Waals surface area contributed by atoms with E-state index in [2.05, 4.69) is 0 Å². The van der Waals surface area contributed by atoms with Crippen molar-refractivity contribution in [2.75, 3.05) is 27.4 Å². The lowest BCUT2D eigenvalue weighted by atomic mass is 9.93. The number of rotatable bonds is 6. The molecule has 0 aromatic heterocycles. The molecule has 0 saturated carbocycles. The maximum Gasteiger partial charge on any atom is 0.228 e. The molecule has 1 aromatic carbocycles. The van der Waals surface area contributed by atoms with Gasteiger partial charge in [0.05, 0.1) is 26.2 Å². The fourth-order valence-electron chi connectivity index (χ4n) is 3.02. The van der Waals surface area contributed by atoms with Crippen molar-refractivity contribution in [3.8, 4) is 11.5 Å². The number of nitrogens with zero attached hydrogens (tertiary/aromatic N) is 1. The van der Waals surface area contributed by atoms with Crippen LogP contribution in [0.5, 0.6) is 11.5 Å². The van der Waals surface area contributed by atoms with Crippen LogP contribution in [-0.2, 0) is 16.1 Å². The van der Waals surface area contributed by atoms with Crippen LogP contribution < -0.4 is 9.47 Å². The third-order valence-electron chi connectivity index (χ3n) is 4.47. The predicted octanol–water partition coefficient (Wildman–Crippen LogP) is 2.87. The first-order valence-electron chi connectivity index (χ1n) is 8.22. The maximum atomic E-state index is 12.8. The second kappa shape index (κ2) is 8.20. The Balaban J connectivity index is 2.14. The summed E-state index contributed by atoms with van der Waals surface area (Å²) in [6.45, 7) is 5.94. The molecule has 0 N–H and O–H groups in total. The van der Waals surface area contributed by atoms with Crippen molar-refractivity contribution in [1.29, 1.82) is 0 Å². The van der Waals surface area contributed by atoms with Crippen LogP contribution >= 0.6 is 0 Å². The Morgan fingerprint density at radius 3 is 2.74 bits per heavy atom. The van der Waals surface area contributed by atoms with Crippen LogP contribution in [0.4, 0.5) is 0 Å². The van der Waals surface area contributed by atoms with E-state index in [4.69, 9.17) is 14.2 Å². The fourth-order valence-corrected chi connectivity index (χ4v) is 3.02. The van der Waals surface area contributed by atoms with Crippen molar-refractivity contribution in [3.05, 3.63) is 23.8 Å². The van der Waals surface area contributed by atoms with Gasteiger partial charge in [-0.3, -0.25) is 4.79 Å². The molecular formula is C18H27NO4. The highest BCUT2D eigenvalue weighted by atomic mass is 16.5. The molecule has 2 rings (SSSR count). The number of hydrogen-bond acceptors (Lipinski definition) is 4. The van der Waals surface area contributed by atoms with E-state index in [1.807, 2.05) is 36.9 Å². The first-order chi connectivity index (χ1) is 11.1. The third kappa shape index (κ3) is 4.16. The van der Waals surface area contributed by atoms with Gasteiger partial charge in [0.15, 0.2) is 0 Å². The zero-order chi connectivity index (χ0) is 16.8. The number of hydrogen-bond donors (Lipinski definition) is 0. The molecule has 2 atom stereocenters. The molecule has 0 radical (unpaired) electrons. The van der Waals surface area contributed by atoms with E-state index in [0.717, 1.165) is 36.5 Å². The van der Waals surface area contributed by atoms with Gasteiger partial charge >= 0.3 is 0 Å².